The number of hydrogen-bond acceptors (Lipinski definition) is 4. The first kappa shape index (κ1) is 17.7. The predicted molar refractivity (Wildman–Crippen MR) is 101 cm³/mol. The lowest BCUT2D eigenvalue weighted by atomic mass is 10.2. The number of halogens is 1. The van der Waals surface area contributed by atoms with E-state index in [4.69, 9.17) is 11.6 Å². The van der Waals surface area contributed by atoms with Crippen molar-refractivity contribution in [1.29, 1.82) is 0 Å². The molecule has 1 amide bonds. The number of amides is 1. The van der Waals surface area contributed by atoms with Crippen molar-refractivity contribution in [3.8, 4) is 5.75 Å². The van der Waals surface area contributed by atoms with Crippen LogP contribution in [0.3, 0.4) is 0 Å². The molecule has 2 aromatic carbocycles. The fraction of sp³-hybridized carbons (Fsp3) is 0.105. The van der Waals surface area contributed by atoms with Gasteiger partial charge in [-0.1, -0.05) is 41.9 Å². The van der Waals surface area contributed by atoms with Gasteiger partial charge in [0.1, 0.15) is 10.9 Å². The quantitative estimate of drug-likeness (QED) is 0.535. The topological polar surface area (TPSA) is 79.5 Å². The number of phenolic OH excluding ortho intramolecular Hbond substituents is 1. The Morgan fingerprint density at radius 1 is 1.23 bits per heavy atom. The normalized spacial score (nSPS) is 11.0. The SMILES string of the molecule is Cc1nn(Cc2ccccc2)c(Cl)c1C=NNC(=O)c1ccc(O)cc1. The number of phenols is 1. The van der Waals surface area contributed by atoms with Crippen LogP contribution in [0.2, 0.25) is 5.15 Å². The number of aryl methyl sites for hydroxylation is 1. The van der Waals surface area contributed by atoms with Gasteiger partial charge in [0.2, 0.25) is 0 Å². The molecule has 2 N–H and O–H groups in total. The molecule has 1 heterocycles. The van der Waals surface area contributed by atoms with Crippen LogP contribution in [0.4, 0.5) is 0 Å². The van der Waals surface area contributed by atoms with Gasteiger partial charge in [0.15, 0.2) is 0 Å². The summed E-state index contributed by atoms with van der Waals surface area (Å²) >= 11 is 6.40. The monoisotopic (exact) mass is 368 g/mol. The summed E-state index contributed by atoms with van der Waals surface area (Å²) in [5.74, 6) is -0.287. The second-order valence-corrected chi connectivity index (χ2v) is 6.04. The van der Waals surface area contributed by atoms with Crippen molar-refractivity contribution >= 4 is 23.7 Å². The molecule has 0 atom stereocenters. The molecule has 3 rings (SSSR count). The Bertz CT molecular complexity index is 934. The minimum absolute atomic E-state index is 0.0956. The average Bonchev–Trinajstić information content (AvgIpc) is 2.90. The molecule has 1 aromatic heterocycles. The third-order valence-electron chi connectivity index (χ3n) is 3.77. The van der Waals surface area contributed by atoms with Crippen molar-refractivity contribution in [2.75, 3.05) is 0 Å². The molecule has 3 aromatic rings. The highest BCUT2D eigenvalue weighted by Crippen LogP contribution is 2.19. The lowest BCUT2D eigenvalue weighted by Crippen LogP contribution is -2.17. The summed E-state index contributed by atoms with van der Waals surface area (Å²) in [6.07, 6.45) is 1.48. The minimum atomic E-state index is -0.383. The number of aromatic nitrogens is 2. The number of benzene rings is 2. The van der Waals surface area contributed by atoms with E-state index in [1.54, 1.807) is 4.68 Å². The highest BCUT2D eigenvalue weighted by Gasteiger charge is 2.12. The van der Waals surface area contributed by atoms with Gasteiger partial charge in [-0.05, 0) is 36.8 Å². The van der Waals surface area contributed by atoms with Gasteiger partial charge >= 0.3 is 0 Å². The zero-order valence-electron chi connectivity index (χ0n) is 14.1. The number of nitrogens with one attached hydrogen (secondary N) is 1. The van der Waals surface area contributed by atoms with E-state index in [0.29, 0.717) is 28.5 Å². The van der Waals surface area contributed by atoms with Gasteiger partial charge in [-0.25, -0.2) is 10.1 Å². The first-order valence-corrected chi connectivity index (χ1v) is 8.31. The van der Waals surface area contributed by atoms with Crippen LogP contribution in [-0.2, 0) is 6.54 Å². The Labute approximate surface area is 155 Å². The van der Waals surface area contributed by atoms with Crippen LogP contribution >= 0.6 is 11.6 Å². The number of aromatic hydroxyl groups is 1. The standard InChI is InChI=1S/C19H17ClN4O2/c1-13-17(11-21-22-19(26)15-7-9-16(25)10-8-15)18(20)24(23-13)12-14-5-3-2-4-6-14/h2-11,25H,12H2,1H3,(H,22,26). The van der Waals surface area contributed by atoms with Crippen molar-refractivity contribution in [3.63, 3.8) is 0 Å². The largest absolute Gasteiger partial charge is 0.508 e. The molecule has 0 aliphatic carbocycles. The van der Waals surface area contributed by atoms with Crippen LogP contribution in [0.1, 0.15) is 27.2 Å². The summed E-state index contributed by atoms with van der Waals surface area (Å²) in [6.45, 7) is 2.38. The molecule has 0 fully saturated rings. The molecule has 0 saturated carbocycles. The molecule has 132 valence electrons. The zero-order valence-corrected chi connectivity index (χ0v) is 14.8. The second-order valence-electron chi connectivity index (χ2n) is 5.68. The summed E-state index contributed by atoms with van der Waals surface area (Å²) < 4.78 is 1.69. The van der Waals surface area contributed by atoms with Crippen molar-refractivity contribution in [2.45, 2.75) is 13.5 Å². The zero-order chi connectivity index (χ0) is 18.5. The third-order valence-corrected chi connectivity index (χ3v) is 4.17. The van der Waals surface area contributed by atoms with Crippen LogP contribution < -0.4 is 5.43 Å². The van der Waals surface area contributed by atoms with Gasteiger partial charge in [-0.2, -0.15) is 10.2 Å². The highest BCUT2D eigenvalue weighted by atomic mass is 35.5. The van der Waals surface area contributed by atoms with E-state index in [-0.39, 0.29) is 11.7 Å². The fourth-order valence-electron chi connectivity index (χ4n) is 2.41. The molecule has 0 aliphatic heterocycles. The maximum absolute atomic E-state index is 12.0. The van der Waals surface area contributed by atoms with Gasteiger partial charge in [0, 0.05) is 5.56 Å². The maximum Gasteiger partial charge on any atom is 0.271 e. The van der Waals surface area contributed by atoms with Gasteiger partial charge in [-0.15, -0.1) is 0 Å². The molecular weight excluding hydrogens is 352 g/mol. The Hall–Kier alpha value is -3.12. The van der Waals surface area contributed by atoms with Gasteiger partial charge < -0.3 is 5.11 Å². The van der Waals surface area contributed by atoms with Crippen LogP contribution in [0, 0.1) is 6.92 Å². The number of hydrogen-bond donors (Lipinski definition) is 2. The first-order valence-electron chi connectivity index (χ1n) is 7.94. The summed E-state index contributed by atoms with van der Waals surface area (Å²) in [7, 11) is 0. The van der Waals surface area contributed by atoms with Crippen molar-refractivity contribution in [1.82, 2.24) is 15.2 Å². The second kappa shape index (κ2) is 7.84. The molecular formula is C19H17ClN4O2. The predicted octanol–water partition coefficient (Wildman–Crippen LogP) is 3.36. The molecule has 0 aliphatic rings. The van der Waals surface area contributed by atoms with E-state index >= 15 is 0 Å². The van der Waals surface area contributed by atoms with Gasteiger partial charge in [0.25, 0.3) is 5.91 Å². The van der Waals surface area contributed by atoms with E-state index in [1.807, 2.05) is 37.3 Å². The van der Waals surface area contributed by atoms with Crippen LogP contribution in [-0.4, -0.2) is 27.0 Å². The molecule has 0 spiro atoms. The Morgan fingerprint density at radius 2 is 1.92 bits per heavy atom. The lowest BCUT2D eigenvalue weighted by molar-refractivity contribution is 0.0955. The number of nitrogens with zero attached hydrogens (tertiary/aromatic N) is 3. The molecule has 7 heteroatoms. The van der Waals surface area contributed by atoms with Gasteiger partial charge in [0.05, 0.1) is 24.0 Å². The Balaban J connectivity index is 1.70. The summed E-state index contributed by atoms with van der Waals surface area (Å²) in [6, 6.07) is 15.8. The molecule has 0 bridgehead atoms. The van der Waals surface area contributed by atoms with Crippen molar-refractivity contribution in [2.24, 2.45) is 5.10 Å². The van der Waals surface area contributed by atoms with E-state index in [0.717, 1.165) is 5.56 Å². The number of rotatable bonds is 5. The lowest BCUT2D eigenvalue weighted by Gasteiger charge is -2.03. The van der Waals surface area contributed by atoms with Crippen LogP contribution in [0.15, 0.2) is 59.7 Å². The summed E-state index contributed by atoms with van der Waals surface area (Å²) in [5, 5.41) is 18.1. The van der Waals surface area contributed by atoms with Crippen LogP contribution in [0.5, 0.6) is 5.75 Å². The number of hydrazone groups is 1. The summed E-state index contributed by atoms with van der Waals surface area (Å²) in [4.78, 5) is 12.0. The third kappa shape index (κ3) is 4.10. The maximum atomic E-state index is 12.0. The molecule has 6 nitrogen and oxygen atoms in total. The molecule has 26 heavy (non-hydrogen) atoms. The van der Waals surface area contributed by atoms with E-state index < -0.39 is 0 Å². The summed E-state index contributed by atoms with van der Waals surface area (Å²) in [5.41, 5.74) is 5.27. The number of carbonyl (C=O) groups excluding carboxylic acids is 1. The van der Waals surface area contributed by atoms with E-state index in [9.17, 15) is 9.90 Å². The molecule has 0 radical (unpaired) electrons. The first-order chi connectivity index (χ1) is 12.5. The fourth-order valence-corrected chi connectivity index (χ4v) is 2.69. The smallest absolute Gasteiger partial charge is 0.271 e. The van der Waals surface area contributed by atoms with E-state index in [2.05, 4.69) is 15.6 Å². The van der Waals surface area contributed by atoms with Crippen molar-refractivity contribution < 1.29 is 9.90 Å². The molecule has 0 saturated heterocycles. The van der Waals surface area contributed by atoms with E-state index in [1.165, 1.54) is 30.5 Å². The Kier molecular flexibility index (Phi) is 5.34. The number of carbonyl (C=O) groups is 1. The Morgan fingerprint density at radius 3 is 2.62 bits per heavy atom. The average molecular weight is 369 g/mol. The highest BCUT2D eigenvalue weighted by molar-refractivity contribution is 6.32. The minimum Gasteiger partial charge on any atom is -0.508 e. The van der Waals surface area contributed by atoms with Crippen molar-refractivity contribution in [3.05, 3.63) is 82.1 Å². The molecule has 0 unspecified atom stereocenters. The van der Waals surface area contributed by atoms with Crippen LogP contribution in [0.25, 0.3) is 0 Å². The van der Waals surface area contributed by atoms with Gasteiger partial charge in [-0.3, -0.25) is 4.79 Å².